The van der Waals surface area contributed by atoms with E-state index in [1.165, 1.54) is 5.56 Å². The summed E-state index contributed by atoms with van der Waals surface area (Å²) >= 11 is 0. The molecule has 7 heteroatoms. The van der Waals surface area contributed by atoms with Crippen molar-refractivity contribution in [3.63, 3.8) is 0 Å². The van der Waals surface area contributed by atoms with Crippen LogP contribution in [-0.2, 0) is 10.3 Å². The highest BCUT2D eigenvalue weighted by Crippen LogP contribution is 2.24. The Kier molecular flexibility index (Phi) is 4.94. The van der Waals surface area contributed by atoms with E-state index in [4.69, 9.17) is 4.74 Å². The van der Waals surface area contributed by atoms with E-state index in [0.29, 0.717) is 0 Å². The van der Waals surface area contributed by atoms with E-state index in [1.807, 2.05) is 10.7 Å². The van der Waals surface area contributed by atoms with Crippen molar-refractivity contribution < 1.29 is 4.74 Å². The van der Waals surface area contributed by atoms with E-state index < -0.39 is 0 Å². The van der Waals surface area contributed by atoms with Crippen molar-refractivity contribution >= 4 is 11.6 Å². The summed E-state index contributed by atoms with van der Waals surface area (Å²) < 4.78 is 7.43. The molecule has 136 valence electrons. The zero-order valence-electron chi connectivity index (χ0n) is 15.8. The highest BCUT2D eigenvalue weighted by molar-refractivity contribution is 5.49. The number of nitrogens with one attached hydrogen (secondary N) is 1. The molecular formula is C18H28N6O. The molecule has 3 rings (SSSR count). The first-order valence-corrected chi connectivity index (χ1v) is 8.82. The average molecular weight is 344 g/mol. The standard InChI is InChI=1S/C18H28N6O/c1-13(15-11-24(18(3,4)5)22-14(15)2)21-16-10-17(20-12-19-16)23-6-8-25-9-7-23/h10-13H,6-9H2,1-5H3,(H,19,20,21)/t13-/m1/s1. The van der Waals surface area contributed by atoms with Gasteiger partial charge in [-0.1, -0.05) is 0 Å². The van der Waals surface area contributed by atoms with Crippen LogP contribution in [0.5, 0.6) is 0 Å². The van der Waals surface area contributed by atoms with Crippen molar-refractivity contribution in [1.82, 2.24) is 19.7 Å². The minimum absolute atomic E-state index is 0.0266. The normalized spacial score (nSPS) is 16.8. The van der Waals surface area contributed by atoms with Gasteiger partial charge in [-0.05, 0) is 34.6 Å². The maximum atomic E-state index is 5.41. The lowest BCUT2D eigenvalue weighted by atomic mass is 10.1. The third-order valence-corrected chi connectivity index (χ3v) is 4.44. The molecule has 1 saturated heterocycles. The van der Waals surface area contributed by atoms with Gasteiger partial charge in [0, 0.05) is 30.9 Å². The van der Waals surface area contributed by atoms with Gasteiger partial charge in [0.1, 0.15) is 18.0 Å². The van der Waals surface area contributed by atoms with E-state index in [2.05, 4.69) is 66.1 Å². The molecule has 0 unspecified atom stereocenters. The lowest BCUT2D eigenvalue weighted by Crippen LogP contribution is -2.36. The van der Waals surface area contributed by atoms with Gasteiger partial charge >= 0.3 is 0 Å². The van der Waals surface area contributed by atoms with E-state index in [9.17, 15) is 0 Å². The number of hydrogen-bond acceptors (Lipinski definition) is 6. The molecule has 0 amide bonds. The summed E-state index contributed by atoms with van der Waals surface area (Å²) in [5.41, 5.74) is 2.19. The van der Waals surface area contributed by atoms with Gasteiger partial charge in [-0.2, -0.15) is 5.10 Å². The second kappa shape index (κ2) is 7.00. The van der Waals surface area contributed by atoms with Crippen LogP contribution in [0, 0.1) is 6.92 Å². The lowest BCUT2D eigenvalue weighted by molar-refractivity contribution is 0.122. The fourth-order valence-corrected chi connectivity index (χ4v) is 2.93. The Hall–Kier alpha value is -2.15. The number of aromatic nitrogens is 4. The third kappa shape index (κ3) is 4.10. The predicted molar refractivity (Wildman–Crippen MR) is 99.1 cm³/mol. The molecule has 25 heavy (non-hydrogen) atoms. The first kappa shape index (κ1) is 17.7. The molecule has 1 aliphatic rings. The first-order chi connectivity index (χ1) is 11.8. The number of aryl methyl sites for hydroxylation is 1. The maximum Gasteiger partial charge on any atom is 0.134 e. The number of hydrogen-bond donors (Lipinski definition) is 1. The van der Waals surface area contributed by atoms with E-state index >= 15 is 0 Å². The summed E-state index contributed by atoms with van der Waals surface area (Å²) in [7, 11) is 0. The van der Waals surface area contributed by atoms with E-state index in [-0.39, 0.29) is 11.6 Å². The Morgan fingerprint density at radius 3 is 2.56 bits per heavy atom. The predicted octanol–water partition coefficient (Wildman–Crippen LogP) is 2.75. The molecule has 0 aliphatic carbocycles. The first-order valence-electron chi connectivity index (χ1n) is 8.82. The monoisotopic (exact) mass is 344 g/mol. The molecule has 0 aromatic carbocycles. The van der Waals surface area contributed by atoms with Gasteiger partial charge in [0.15, 0.2) is 0 Å². The van der Waals surface area contributed by atoms with Crippen molar-refractivity contribution in [3.05, 3.63) is 29.8 Å². The Labute approximate surface area is 149 Å². The zero-order valence-corrected chi connectivity index (χ0v) is 15.8. The molecule has 1 aliphatic heterocycles. The molecule has 0 radical (unpaired) electrons. The molecule has 2 aromatic heterocycles. The largest absolute Gasteiger partial charge is 0.378 e. The van der Waals surface area contributed by atoms with Crippen LogP contribution >= 0.6 is 0 Å². The molecular weight excluding hydrogens is 316 g/mol. The minimum Gasteiger partial charge on any atom is -0.378 e. The van der Waals surface area contributed by atoms with Gasteiger partial charge in [-0.15, -0.1) is 0 Å². The number of nitrogens with zero attached hydrogens (tertiary/aromatic N) is 5. The van der Waals surface area contributed by atoms with Crippen LogP contribution in [0.15, 0.2) is 18.6 Å². The third-order valence-electron chi connectivity index (χ3n) is 4.44. The summed E-state index contributed by atoms with van der Waals surface area (Å²) in [5.74, 6) is 1.77. The van der Waals surface area contributed by atoms with Gasteiger partial charge in [0.25, 0.3) is 0 Å². The Morgan fingerprint density at radius 2 is 1.92 bits per heavy atom. The summed E-state index contributed by atoms with van der Waals surface area (Å²) in [6.07, 6.45) is 3.74. The number of ether oxygens (including phenoxy) is 1. The van der Waals surface area contributed by atoms with E-state index in [0.717, 1.165) is 43.6 Å². The summed E-state index contributed by atoms with van der Waals surface area (Å²) in [5, 5.41) is 8.14. The average Bonchev–Trinajstić information content (AvgIpc) is 2.98. The van der Waals surface area contributed by atoms with Crippen molar-refractivity contribution in [2.75, 3.05) is 36.5 Å². The fraction of sp³-hybridized carbons (Fsp3) is 0.611. The van der Waals surface area contributed by atoms with Gasteiger partial charge < -0.3 is 15.0 Å². The Balaban J connectivity index is 1.75. The van der Waals surface area contributed by atoms with Gasteiger partial charge in [-0.25, -0.2) is 9.97 Å². The van der Waals surface area contributed by atoms with E-state index in [1.54, 1.807) is 6.33 Å². The highest BCUT2D eigenvalue weighted by Gasteiger charge is 2.20. The minimum atomic E-state index is -0.0266. The Bertz CT molecular complexity index is 715. The van der Waals surface area contributed by atoms with Crippen molar-refractivity contribution in [1.29, 1.82) is 0 Å². The van der Waals surface area contributed by atoms with Crippen LogP contribution in [-0.4, -0.2) is 46.1 Å². The van der Waals surface area contributed by atoms with Gasteiger partial charge in [0.2, 0.25) is 0 Å². The maximum absolute atomic E-state index is 5.41. The van der Waals surface area contributed by atoms with Gasteiger partial charge in [0.05, 0.1) is 30.5 Å². The van der Waals surface area contributed by atoms with Crippen LogP contribution in [0.2, 0.25) is 0 Å². The quantitative estimate of drug-likeness (QED) is 0.920. The number of rotatable bonds is 4. The molecule has 1 fully saturated rings. The molecule has 1 atom stereocenters. The summed E-state index contributed by atoms with van der Waals surface area (Å²) in [6.45, 7) is 13.9. The molecule has 0 spiro atoms. The highest BCUT2D eigenvalue weighted by atomic mass is 16.5. The molecule has 7 nitrogen and oxygen atoms in total. The fourth-order valence-electron chi connectivity index (χ4n) is 2.93. The second-order valence-electron chi connectivity index (χ2n) is 7.51. The summed E-state index contributed by atoms with van der Waals surface area (Å²) in [6, 6.07) is 2.12. The zero-order chi connectivity index (χ0) is 18.0. The van der Waals surface area contributed by atoms with Crippen molar-refractivity contribution in [2.45, 2.75) is 46.2 Å². The smallest absolute Gasteiger partial charge is 0.134 e. The molecule has 1 N–H and O–H groups in total. The van der Waals surface area contributed by atoms with Crippen molar-refractivity contribution in [2.24, 2.45) is 0 Å². The van der Waals surface area contributed by atoms with Crippen LogP contribution in [0.1, 0.15) is 45.0 Å². The van der Waals surface area contributed by atoms with Crippen LogP contribution in [0.25, 0.3) is 0 Å². The molecule has 3 heterocycles. The topological polar surface area (TPSA) is 68.1 Å². The summed E-state index contributed by atoms with van der Waals surface area (Å²) in [4.78, 5) is 11.0. The molecule has 2 aromatic rings. The Morgan fingerprint density at radius 1 is 1.20 bits per heavy atom. The van der Waals surface area contributed by atoms with Crippen LogP contribution < -0.4 is 10.2 Å². The SMILES string of the molecule is Cc1nn(C(C)(C)C)cc1[C@@H](C)Nc1cc(N2CCOCC2)ncn1. The lowest BCUT2D eigenvalue weighted by Gasteiger charge is -2.28. The van der Waals surface area contributed by atoms with Crippen LogP contribution in [0.3, 0.4) is 0 Å². The van der Waals surface area contributed by atoms with Crippen molar-refractivity contribution in [3.8, 4) is 0 Å². The van der Waals surface area contributed by atoms with Gasteiger partial charge in [-0.3, -0.25) is 4.68 Å². The number of anilines is 2. The molecule has 0 bridgehead atoms. The second-order valence-corrected chi connectivity index (χ2v) is 7.51. The number of morpholine rings is 1. The van der Waals surface area contributed by atoms with Crippen LogP contribution in [0.4, 0.5) is 11.6 Å². The molecule has 0 saturated carbocycles.